The van der Waals surface area contributed by atoms with Crippen LogP contribution in [0.25, 0.3) is 5.76 Å². The molecule has 2 heterocycles. The Bertz CT molecular complexity index is 1110. The van der Waals surface area contributed by atoms with Gasteiger partial charge in [-0.3, -0.25) is 9.59 Å². The van der Waals surface area contributed by atoms with Crippen molar-refractivity contribution >= 4 is 23.4 Å². The maximum absolute atomic E-state index is 13.2. The van der Waals surface area contributed by atoms with Crippen LogP contribution < -0.4 is 0 Å². The lowest BCUT2D eigenvalue weighted by Gasteiger charge is -2.26. The SMILES string of the molecule is CCOC(=O)c1[nH]c(C)c(C(O)=C2C(=O)C(=O)N(CCN(C)C)C2c2ccc(C)cc2)c1C. The molecule has 1 saturated heterocycles. The molecule has 1 aliphatic heterocycles. The number of amides is 1. The zero-order valence-corrected chi connectivity index (χ0v) is 20.0. The second-order valence-corrected chi connectivity index (χ2v) is 8.55. The van der Waals surface area contributed by atoms with Crippen LogP contribution >= 0.6 is 0 Å². The van der Waals surface area contributed by atoms with Crippen LogP contribution in [0.2, 0.25) is 0 Å². The van der Waals surface area contributed by atoms with Crippen molar-refractivity contribution in [1.82, 2.24) is 14.8 Å². The Hall–Kier alpha value is -3.39. The van der Waals surface area contributed by atoms with Crippen LogP contribution in [0.15, 0.2) is 29.8 Å². The number of benzene rings is 1. The lowest BCUT2D eigenvalue weighted by Crippen LogP contribution is -2.35. The van der Waals surface area contributed by atoms with Gasteiger partial charge in [0.25, 0.3) is 11.7 Å². The fraction of sp³-hybridized carbons (Fsp3) is 0.400. The Balaban J connectivity index is 2.19. The lowest BCUT2D eigenvalue weighted by atomic mass is 9.93. The summed E-state index contributed by atoms with van der Waals surface area (Å²) in [7, 11) is 3.78. The van der Waals surface area contributed by atoms with Crippen LogP contribution in [0.4, 0.5) is 0 Å². The van der Waals surface area contributed by atoms with E-state index in [0.29, 0.717) is 29.9 Å². The summed E-state index contributed by atoms with van der Waals surface area (Å²) in [5.74, 6) is -2.23. The Morgan fingerprint density at radius 3 is 2.36 bits per heavy atom. The molecule has 0 aliphatic carbocycles. The van der Waals surface area contributed by atoms with Crippen molar-refractivity contribution in [3.63, 3.8) is 0 Å². The van der Waals surface area contributed by atoms with Crippen LogP contribution in [0.5, 0.6) is 0 Å². The Morgan fingerprint density at radius 1 is 1.15 bits per heavy atom. The number of aliphatic hydroxyl groups is 1. The monoisotopic (exact) mass is 453 g/mol. The number of nitrogens with zero attached hydrogens (tertiary/aromatic N) is 2. The number of hydrogen-bond donors (Lipinski definition) is 2. The summed E-state index contributed by atoms with van der Waals surface area (Å²) < 4.78 is 5.09. The highest BCUT2D eigenvalue weighted by Gasteiger charge is 2.46. The molecule has 1 atom stereocenters. The third kappa shape index (κ3) is 4.57. The molecule has 176 valence electrons. The summed E-state index contributed by atoms with van der Waals surface area (Å²) in [6.07, 6.45) is 0. The summed E-state index contributed by atoms with van der Waals surface area (Å²) in [5.41, 5.74) is 3.31. The molecule has 1 aliphatic rings. The van der Waals surface area contributed by atoms with Crippen molar-refractivity contribution in [2.24, 2.45) is 0 Å². The number of ether oxygens (including phenoxy) is 1. The number of likely N-dealkylation sites (tertiary alicyclic amines) is 1. The van der Waals surface area contributed by atoms with Crippen molar-refractivity contribution < 1.29 is 24.2 Å². The minimum atomic E-state index is -0.741. The highest BCUT2D eigenvalue weighted by atomic mass is 16.5. The van der Waals surface area contributed by atoms with E-state index in [9.17, 15) is 19.5 Å². The van der Waals surface area contributed by atoms with Crippen LogP contribution in [0.1, 0.15) is 51.4 Å². The first-order valence-corrected chi connectivity index (χ1v) is 10.9. The van der Waals surface area contributed by atoms with Crippen molar-refractivity contribution in [3.05, 3.63) is 63.5 Å². The summed E-state index contributed by atoms with van der Waals surface area (Å²) in [5, 5.41) is 11.4. The van der Waals surface area contributed by atoms with Crippen LogP contribution in [0.3, 0.4) is 0 Å². The van der Waals surface area contributed by atoms with E-state index in [-0.39, 0.29) is 23.6 Å². The third-order valence-corrected chi connectivity index (χ3v) is 5.88. The first kappa shape index (κ1) is 24.3. The smallest absolute Gasteiger partial charge is 0.355 e. The number of Topliss-reactive ketones (excluding diaryl/α,β-unsaturated/α-hetero) is 1. The fourth-order valence-corrected chi connectivity index (χ4v) is 4.16. The van der Waals surface area contributed by atoms with Gasteiger partial charge < -0.3 is 24.6 Å². The number of aryl methyl sites for hydroxylation is 2. The highest BCUT2D eigenvalue weighted by molar-refractivity contribution is 6.46. The van der Waals surface area contributed by atoms with E-state index in [1.54, 1.807) is 20.8 Å². The molecule has 0 spiro atoms. The number of carbonyl (C=O) groups excluding carboxylic acids is 3. The van der Waals surface area contributed by atoms with E-state index in [1.165, 1.54) is 4.90 Å². The number of hydrogen-bond acceptors (Lipinski definition) is 6. The molecule has 33 heavy (non-hydrogen) atoms. The number of ketones is 1. The molecule has 0 radical (unpaired) electrons. The molecule has 0 saturated carbocycles. The topological polar surface area (TPSA) is 103 Å². The number of rotatable bonds is 7. The molecule has 0 bridgehead atoms. The summed E-state index contributed by atoms with van der Waals surface area (Å²) in [4.78, 5) is 44.9. The normalized spacial score (nSPS) is 17.8. The van der Waals surface area contributed by atoms with Gasteiger partial charge in [0, 0.05) is 24.3 Å². The van der Waals surface area contributed by atoms with Crippen molar-refractivity contribution in [2.45, 2.75) is 33.7 Å². The highest BCUT2D eigenvalue weighted by Crippen LogP contribution is 2.40. The van der Waals surface area contributed by atoms with Gasteiger partial charge in [-0.1, -0.05) is 29.8 Å². The van der Waals surface area contributed by atoms with E-state index >= 15 is 0 Å². The molecule has 1 amide bonds. The molecule has 2 N–H and O–H groups in total. The standard InChI is InChI=1S/C25H31N3O5/c1-7-33-25(32)20-15(3)18(16(4)26-20)22(29)19-21(17-10-8-14(2)9-11-17)28(13-12-27(5)6)24(31)23(19)30/h8-11,21,26,29H,7,12-13H2,1-6H3. The Labute approximate surface area is 193 Å². The van der Waals surface area contributed by atoms with E-state index in [0.717, 1.165) is 11.1 Å². The number of H-pyrrole nitrogens is 1. The quantitative estimate of drug-likeness (QED) is 0.289. The summed E-state index contributed by atoms with van der Waals surface area (Å²) in [6, 6.07) is 6.82. The van der Waals surface area contributed by atoms with Crippen LogP contribution in [0, 0.1) is 20.8 Å². The molecule has 1 unspecified atom stereocenters. The van der Waals surface area contributed by atoms with Gasteiger partial charge in [-0.15, -0.1) is 0 Å². The lowest BCUT2D eigenvalue weighted by molar-refractivity contribution is -0.140. The third-order valence-electron chi connectivity index (χ3n) is 5.88. The van der Waals surface area contributed by atoms with Crippen LogP contribution in [-0.4, -0.2) is 71.3 Å². The zero-order chi connectivity index (χ0) is 24.4. The van der Waals surface area contributed by atoms with E-state index in [4.69, 9.17) is 4.74 Å². The number of aromatic nitrogens is 1. The average molecular weight is 454 g/mol. The number of carbonyl (C=O) groups is 3. The van der Waals surface area contributed by atoms with Gasteiger partial charge in [-0.25, -0.2) is 4.79 Å². The van der Waals surface area contributed by atoms with Gasteiger partial charge in [0.05, 0.1) is 18.2 Å². The van der Waals surface area contributed by atoms with Crippen molar-refractivity contribution in [1.29, 1.82) is 0 Å². The minimum Gasteiger partial charge on any atom is -0.507 e. The molecule has 1 aromatic heterocycles. The number of nitrogens with one attached hydrogen (secondary N) is 1. The van der Waals surface area contributed by atoms with E-state index < -0.39 is 23.7 Å². The first-order valence-electron chi connectivity index (χ1n) is 10.9. The maximum atomic E-state index is 13.2. The molecule has 2 aromatic rings. The van der Waals surface area contributed by atoms with Gasteiger partial charge in [0.2, 0.25) is 0 Å². The largest absolute Gasteiger partial charge is 0.507 e. The van der Waals surface area contributed by atoms with Crippen molar-refractivity contribution in [2.75, 3.05) is 33.8 Å². The van der Waals surface area contributed by atoms with Gasteiger partial charge in [-0.2, -0.15) is 0 Å². The first-order chi connectivity index (χ1) is 15.6. The fourth-order valence-electron chi connectivity index (χ4n) is 4.16. The molecule has 3 rings (SSSR count). The molecule has 8 heteroatoms. The van der Waals surface area contributed by atoms with Gasteiger partial charge in [0.15, 0.2) is 0 Å². The Morgan fingerprint density at radius 2 is 1.79 bits per heavy atom. The average Bonchev–Trinajstić information content (AvgIpc) is 3.19. The number of likely N-dealkylation sites (N-methyl/N-ethyl adjacent to an activating group) is 1. The van der Waals surface area contributed by atoms with Crippen LogP contribution in [-0.2, 0) is 14.3 Å². The molecular weight excluding hydrogens is 422 g/mol. The second-order valence-electron chi connectivity index (χ2n) is 8.55. The number of aromatic amines is 1. The molecular formula is C25H31N3O5. The second kappa shape index (κ2) is 9.62. The minimum absolute atomic E-state index is 0.0169. The number of aliphatic hydroxyl groups excluding tert-OH is 1. The maximum Gasteiger partial charge on any atom is 0.355 e. The molecule has 1 fully saturated rings. The predicted octanol–water partition coefficient (Wildman–Crippen LogP) is 3.10. The van der Waals surface area contributed by atoms with Crippen molar-refractivity contribution in [3.8, 4) is 0 Å². The summed E-state index contributed by atoms with van der Waals surface area (Å²) in [6.45, 7) is 8.14. The van der Waals surface area contributed by atoms with Gasteiger partial charge in [0.1, 0.15) is 11.5 Å². The van der Waals surface area contributed by atoms with E-state index in [2.05, 4.69) is 4.98 Å². The zero-order valence-electron chi connectivity index (χ0n) is 20.0. The predicted molar refractivity (Wildman–Crippen MR) is 125 cm³/mol. The van der Waals surface area contributed by atoms with Gasteiger partial charge >= 0.3 is 5.97 Å². The summed E-state index contributed by atoms with van der Waals surface area (Å²) >= 11 is 0. The molecule has 1 aromatic carbocycles. The Kier molecular flexibility index (Phi) is 7.07. The van der Waals surface area contributed by atoms with E-state index in [1.807, 2.05) is 50.2 Å². The number of esters is 1. The molecule has 8 nitrogen and oxygen atoms in total. The van der Waals surface area contributed by atoms with Gasteiger partial charge in [-0.05, 0) is 52.9 Å².